The van der Waals surface area contributed by atoms with E-state index in [-0.39, 0.29) is 5.91 Å². The van der Waals surface area contributed by atoms with Gasteiger partial charge in [-0.2, -0.15) is 0 Å². The Hall–Kier alpha value is -2.37. The van der Waals surface area contributed by atoms with Crippen molar-refractivity contribution in [1.82, 2.24) is 15.3 Å². The minimum Gasteiger partial charge on any atom is -0.467 e. The van der Waals surface area contributed by atoms with Gasteiger partial charge >= 0.3 is 0 Å². The lowest BCUT2D eigenvalue weighted by atomic mass is 10.3. The number of carbonyl (C=O) groups is 1. The molecule has 6 heteroatoms. The van der Waals surface area contributed by atoms with E-state index in [4.69, 9.17) is 4.42 Å². The van der Waals surface area contributed by atoms with Crippen molar-refractivity contribution in [2.24, 2.45) is 0 Å². The van der Waals surface area contributed by atoms with E-state index in [0.29, 0.717) is 29.9 Å². The Morgan fingerprint density at radius 3 is 2.75 bits per heavy atom. The summed E-state index contributed by atoms with van der Waals surface area (Å²) in [4.78, 5) is 20.1. The lowest BCUT2D eigenvalue weighted by molar-refractivity contribution is 0.0947. The molecule has 2 N–H and O–H groups in total. The minimum atomic E-state index is -0.225. The fraction of sp³-hybridized carbons (Fsp3) is 0.357. The predicted octanol–water partition coefficient (Wildman–Crippen LogP) is 2.21. The van der Waals surface area contributed by atoms with E-state index in [0.717, 1.165) is 6.42 Å². The molecule has 0 saturated heterocycles. The molecule has 0 aliphatic carbocycles. The molecule has 2 aromatic heterocycles. The molecule has 106 valence electrons. The van der Waals surface area contributed by atoms with Crippen molar-refractivity contribution >= 4 is 11.9 Å². The van der Waals surface area contributed by atoms with Gasteiger partial charge in [0.05, 0.1) is 18.4 Å². The number of rotatable bonds is 6. The van der Waals surface area contributed by atoms with Crippen LogP contribution in [0.1, 0.15) is 36.4 Å². The Balaban J connectivity index is 1.90. The molecule has 2 aromatic rings. The molecular weight excluding hydrogens is 256 g/mol. The standard InChI is InChI=1S/C14H18N4O2/c1-3-10(2)18-14-16-7-11(8-17-14)13(19)15-9-12-5-4-6-20-12/h4-8,10H,3,9H2,1-2H3,(H,15,19)(H,16,17,18). The van der Waals surface area contributed by atoms with E-state index < -0.39 is 0 Å². The molecule has 20 heavy (non-hydrogen) atoms. The molecule has 0 spiro atoms. The van der Waals surface area contributed by atoms with Gasteiger partial charge in [0.25, 0.3) is 5.91 Å². The van der Waals surface area contributed by atoms with Crippen molar-refractivity contribution < 1.29 is 9.21 Å². The number of carbonyl (C=O) groups excluding carboxylic acids is 1. The first-order chi connectivity index (χ1) is 9.69. The summed E-state index contributed by atoms with van der Waals surface area (Å²) in [6, 6.07) is 3.88. The Kier molecular flexibility index (Phi) is 4.70. The fourth-order valence-corrected chi connectivity index (χ4v) is 1.52. The summed E-state index contributed by atoms with van der Waals surface area (Å²) >= 11 is 0. The van der Waals surface area contributed by atoms with Crippen LogP contribution in [0.2, 0.25) is 0 Å². The van der Waals surface area contributed by atoms with Crippen LogP contribution in [0.25, 0.3) is 0 Å². The van der Waals surface area contributed by atoms with Gasteiger partial charge in [-0.15, -0.1) is 0 Å². The highest BCUT2D eigenvalue weighted by Gasteiger charge is 2.08. The van der Waals surface area contributed by atoms with Gasteiger partial charge < -0.3 is 15.1 Å². The number of amides is 1. The topological polar surface area (TPSA) is 80.0 Å². The van der Waals surface area contributed by atoms with Gasteiger partial charge in [0.2, 0.25) is 5.95 Å². The lowest BCUT2D eigenvalue weighted by Gasteiger charge is -2.10. The fourth-order valence-electron chi connectivity index (χ4n) is 1.52. The molecule has 1 unspecified atom stereocenters. The number of nitrogens with one attached hydrogen (secondary N) is 2. The summed E-state index contributed by atoms with van der Waals surface area (Å²) in [5.74, 6) is 1.01. The van der Waals surface area contributed by atoms with E-state index in [1.165, 1.54) is 12.4 Å². The highest BCUT2D eigenvalue weighted by atomic mass is 16.3. The quantitative estimate of drug-likeness (QED) is 0.844. The highest BCUT2D eigenvalue weighted by Crippen LogP contribution is 2.04. The van der Waals surface area contributed by atoms with Crippen molar-refractivity contribution in [2.45, 2.75) is 32.9 Å². The zero-order chi connectivity index (χ0) is 14.4. The van der Waals surface area contributed by atoms with Gasteiger partial charge in [0.15, 0.2) is 0 Å². The minimum absolute atomic E-state index is 0.225. The van der Waals surface area contributed by atoms with Crippen molar-refractivity contribution in [2.75, 3.05) is 5.32 Å². The summed E-state index contributed by atoms with van der Waals surface area (Å²) in [6.45, 7) is 4.47. The first-order valence-electron chi connectivity index (χ1n) is 6.58. The molecule has 0 radical (unpaired) electrons. The molecule has 1 amide bonds. The van der Waals surface area contributed by atoms with Gasteiger partial charge in [0.1, 0.15) is 5.76 Å². The molecule has 2 rings (SSSR count). The lowest BCUT2D eigenvalue weighted by Crippen LogP contribution is -2.23. The first kappa shape index (κ1) is 14.0. The maximum absolute atomic E-state index is 11.9. The normalized spacial score (nSPS) is 11.9. The summed E-state index contributed by atoms with van der Waals surface area (Å²) in [5.41, 5.74) is 0.422. The van der Waals surface area contributed by atoms with Crippen LogP contribution in [0.15, 0.2) is 35.2 Å². The number of anilines is 1. The third-order valence-corrected chi connectivity index (χ3v) is 2.91. The van der Waals surface area contributed by atoms with E-state index in [1.807, 2.05) is 6.92 Å². The van der Waals surface area contributed by atoms with Gasteiger partial charge in [-0.3, -0.25) is 4.79 Å². The van der Waals surface area contributed by atoms with E-state index in [1.54, 1.807) is 18.4 Å². The molecule has 0 fully saturated rings. The number of hydrogen-bond donors (Lipinski definition) is 2. The molecule has 0 bridgehead atoms. The summed E-state index contributed by atoms with van der Waals surface area (Å²) in [7, 11) is 0. The Bertz CT molecular complexity index is 537. The molecule has 0 aromatic carbocycles. The Morgan fingerprint density at radius 2 is 2.15 bits per heavy atom. The number of nitrogens with zero attached hydrogens (tertiary/aromatic N) is 2. The van der Waals surface area contributed by atoms with Crippen molar-refractivity contribution in [1.29, 1.82) is 0 Å². The number of hydrogen-bond acceptors (Lipinski definition) is 5. The summed E-state index contributed by atoms with van der Waals surface area (Å²) in [6.07, 6.45) is 5.57. The second-order valence-corrected chi connectivity index (χ2v) is 4.51. The SMILES string of the molecule is CCC(C)Nc1ncc(C(=O)NCc2ccco2)cn1. The van der Waals surface area contributed by atoms with E-state index in [2.05, 4.69) is 27.5 Å². The Morgan fingerprint density at radius 1 is 1.40 bits per heavy atom. The second-order valence-electron chi connectivity index (χ2n) is 4.51. The van der Waals surface area contributed by atoms with Crippen LogP contribution in [0.4, 0.5) is 5.95 Å². The molecule has 0 saturated carbocycles. The number of furan rings is 1. The van der Waals surface area contributed by atoms with Crippen LogP contribution in [-0.4, -0.2) is 21.9 Å². The summed E-state index contributed by atoms with van der Waals surface area (Å²) < 4.78 is 5.14. The maximum Gasteiger partial charge on any atom is 0.254 e. The van der Waals surface area contributed by atoms with Crippen LogP contribution in [0, 0.1) is 0 Å². The first-order valence-corrected chi connectivity index (χ1v) is 6.58. The predicted molar refractivity (Wildman–Crippen MR) is 75.3 cm³/mol. The molecule has 0 aliphatic rings. The largest absolute Gasteiger partial charge is 0.467 e. The molecular formula is C14H18N4O2. The summed E-state index contributed by atoms with van der Waals surface area (Å²) in [5, 5.41) is 5.88. The maximum atomic E-state index is 11.9. The average Bonchev–Trinajstić information content (AvgIpc) is 2.98. The van der Waals surface area contributed by atoms with Crippen LogP contribution < -0.4 is 10.6 Å². The zero-order valence-corrected chi connectivity index (χ0v) is 11.6. The van der Waals surface area contributed by atoms with Crippen molar-refractivity contribution in [3.05, 3.63) is 42.1 Å². The smallest absolute Gasteiger partial charge is 0.254 e. The van der Waals surface area contributed by atoms with E-state index in [9.17, 15) is 4.79 Å². The molecule has 6 nitrogen and oxygen atoms in total. The third-order valence-electron chi connectivity index (χ3n) is 2.91. The monoisotopic (exact) mass is 274 g/mol. The highest BCUT2D eigenvalue weighted by molar-refractivity contribution is 5.93. The van der Waals surface area contributed by atoms with Crippen LogP contribution >= 0.6 is 0 Å². The molecule has 0 aliphatic heterocycles. The van der Waals surface area contributed by atoms with Crippen LogP contribution in [0.5, 0.6) is 0 Å². The van der Waals surface area contributed by atoms with Gasteiger partial charge in [0, 0.05) is 18.4 Å². The zero-order valence-electron chi connectivity index (χ0n) is 11.6. The van der Waals surface area contributed by atoms with Gasteiger partial charge in [-0.05, 0) is 25.5 Å². The third kappa shape index (κ3) is 3.81. The van der Waals surface area contributed by atoms with Crippen LogP contribution in [0.3, 0.4) is 0 Å². The Labute approximate surface area is 117 Å². The second kappa shape index (κ2) is 6.70. The van der Waals surface area contributed by atoms with Crippen LogP contribution in [-0.2, 0) is 6.54 Å². The van der Waals surface area contributed by atoms with Gasteiger partial charge in [-0.1, -0.05) is 6.92 Å². The van der Waals surface area contributed by atoms with Crippen molar-refractivity contribution in [3.63, 3.8) is 0 Å². The van der Waals surface area contributed by atoms with Gasteiger partial charge in [-0.25, -0.2) is 9.97 Å². The van der Waals surface area contributed by atoms with Crippen molar-refractivity contribution in [3.8, 4) is 0 Å². The van der Waals surface area contributed by atoms with E-state index >= 15 is 0 Å². The number of aromatic nitrogens is 2. The molecule has 2 heterocycles. The molecule has 1 atom stereocenters. The average molecular weight is 274 g/mol.